The quantitative estimate of drug-likeness (QED) is 0.910. The number of aromatic amines is 1. The van der Waals surface area contributed by atoms with Crippen molar-refractivity contribution in [3.8, 4) is 0 Å². The molecule has 0 unspecified atom stereocenters. The molecule has 0 aliphatic heterocycles. The maximum absolute atomic E-state index is 12.7. The number of hydrogen-bond acceptors (Lipinski definition) is 4. The van der Waals surface area contributed by atoms with Gasteiger partial charge in [0, 0.05) is 12.6 Å². The zero-order valence-corrected chi connectivity index (χ0v) is 12.8. The Morgan fingerprint density at radius 3 is 2.68 bits per heavy atom. The molecule has 118 valence electrons. The lowest BCUT2D eigenvalue weighted by Crippen LogP contribution is -2.36. The number of rotatable bonds is 5. The molecule has 2 aromatic heterocycles. The molecule has 0 bridgehead atoms. The average Bonchev–Trinajstić information content (AvgIpc) is 3.24. The predicted octanol–water partition coefficient (Wildman–Crippen LogP) is 1.64. The highest BCUT2D eigenvalue weighted by atomic mass is 16.4. The molecule has 3 rings (SSSR count). The van der Waals surface area contributed by atoms with Crippen molar-refractivity contribution in [3.05, 3.63) is 42.9 Å². The van der Waals surface area contributed by atoms with Crippen LogP contribution in [0.1, 0.15) is 38.7 Å². The zero-order valence-electron chi connectivity index (χ0n) is 12.8. The van der Waals surface area contributed by atoms with Gasteiger partial charge in [-0.15, -0.1) is 0 Å². The lowest BCUT2D eigenvalue weighted by atomic mass is 10.0. The van der Waals surface area contributed by atoms with Crippen molar-refractivity contribution in [2.24, 2.45) is 11.8 Å². The van der Waals surface area contributed by atoms with E-state index in [0.717, 1.165) is 19.3 Å². The van der Waals surface area contributed by atoms with E-state index >= 15 is 0 Å². The van der Waals surface area contributed by atoms with Crippen LogP contribution in [0, 0.1) is 11.8 Å². The molecular weight excluding hydrogens is 284 g/mol. The highest BCUT2D eigenvalue weighted by Gasteiger charge is 2.24. The standard InChI is InChI=1S/C16H20N2O4/c1-9(2)3-6-11-7-12(19)22-14-13(11)15(20)18(16(21)17-14)8-10-4-5-10/h7,9-10H,3-6,8H2,1-2H3,(H,17,21). The van der Waals surface area contributed by atoms with Crippen molar-refractivity contribution in [3.63, 3.8) is 0 Å². The molecule has 0 atom stereocenters. The first-order valence-electron chi connectivity index (χ1n) is 7.75. The Labute approximate surface area is 126 Å². The minimum absolute atomic E-state index is 0.00620. The molecule has 0 aromatic carbocycles. The molecule has 1 aliphatic carbocycles. The summed E-state index contributed by atoms with van der Waals surface area (Å²) in [5.74, 6) is 0.866. The largest absolute Gasteiger partial charge is 0.405 e. The summed E-state index contributed by atoms with van der Waals surface area (Å²) in [5.41, 5.74) is -0.748. The first kappa shape index (κ1) is 14.8. The van der Waals surface area contributed by atoms with Crippen molar-refractivity contribution >= 4 is 11.1 Å². The third kappa shape index (κ3) is 2.91. The molecule has 0 radical (unpaired) electrons. The van der Waals surface area contributed by atoms with Gasteiger partial charge in [0.25, 0.3) is 5.56 Å². The van der Waals surface area contributed by atoms with E-state index in [2.05, 4.69) is 18.8 Å². The maximum atomic E-state index is 12.7. The van der Waals surface area contributed by atoms with E-state index in [4.69, 9.17) is 4.42 Å². The second kappa shape index (κ2) is 5.59. The van der Waals surface area contributed by atoms with Gasteiger partial charge in [0.2, 0.25) is 5.71 Å². The summed E-state index contributed by atoms with van der Waals surface area (Å²) in [6.45, 7) is 4.61. The summed E-state index contributed by atoms with van der Waals surface area (Å²) in [4.78, 5) is 38.9. The van der Waals surface area contributed by atoms with Crippen molar-refractivity contribution < 1.29 is 4.42 Å². The molecule has 1 saturated carbocycles. The summed E-state index contributed by atoms with van der Waals surface area (Å²) in [6, 6.07) is 1.37. The smallest absolute Gasteiger partial charge is 0.337 e. The van der Waals surface area contributed by atoms with Gasteiger partial charge in [0.1, 0.15) is 5.39 Å². The summed E-state index contributed by atoms with van der Waals surface area (Å²) < 4.78 is 6.26. The summed E-state index contributed by atoms with van der Waals surface area (Å²) in [6.07, 6.45) is 3.58. The molecule has 22 heavy (non-hydrogen) atoms. The molecular formula is C16H20N2O4. The topological polar surface area (TPSA) is 85.1 Å². The zero-order chi connectivity index (χ0) is 15.9. The predicted molar refractivity (Wildman–Crippen MR) is 83.2 cm³/mol. The highest BCUT2D eigenvalue weighted by molar-refractivity contribution is 5.75. The van der Waals surface area contributed by atoms with Crippen molar-refractivity contribution in [1.82, 2.24) is 9.55 Å². The van der Waals surface area contributed by atoms with Gasteiger partial charge >= 0.3 is 11.3 Å². The Balaban J connectivity index is 2.18. The Hall–Kier alpha value is -2.11. The fourth-order valence-corrected chi connectivity index (χ4v) is 2.62. The third-order valence-electron chi connectivity index (χ3n) is 4.10. The summed E-state index contributed by atoms with van der Waals surface area (Å²) in [7, 11) is 0. The Morgan fingerprint density at radius 2 is 2.05 bits per heavy atom. The number of nitrogens with zero attached hydrogens (tertiary/aromatic N) is 1. The van der Waals surface area contributed by atoms with Gasteiger partial charge in [-0.2, -0.15) is 0 Å². The van der Waals surface area contributed by atoms with Gasteiger partial charge in [-0.05, 0) is 43.1 Å². The minimum atomic E-state index is -0.541. The molecule has 2 aromatic rings. The van der Waals surface area contributed by atoms with Crippen LogP contribution in [-0.4, -0.2) is 9.55 Å². The minimum Gasteiger partial charge on any atom is -0.405 e. The summed E-state index contributed by atoms with van der Waals surface area (Å²) >= 11 is 0. The number of aromatic nitrogens is 2. The second-order valence-corrected chi connectivity index (χ2v) is 6.52. The number of hydrogen-bond donors (Lipinski definition) is 1. The third-order valence-corrected chi connectivity index (χ3v) is 4.10. The Kier molecular flexibility index (Phi) is 3.76. The van der Waals surface area contributed by atoms with E-state index < -0.39 is 11.3 Å². The van der Waals surface area contributed by atoms with Crippen molar-refractivity contribution in [1.29, 1.82) is 0 Å². The van der Waals surface area contributed by atoms with Crippen LogP contribution in [0.2, 0.25) is 0 Å². The van der Waals surface area contributed by atoms with E-state index in [0.29, 0.717) is 35.8 Å². The Morgan fingerprint density at radius 1 is 1.32 bits per heavy atom. The van der Waals surface area contributed by atoms with Crippen molar-refractivity contribution in [2.45, 2.75) is 46.1 Å². The lowest BCUT2D eigenvalue weighted by Gasteiger charge is -2.09. The fraction of sp³-hybridized carbons (Fsp3) is 0.562. The molecule has 1 aliphatic rings. The SMILES string of the molecule is CC(C)CCc1cc(=O)oc2[nH]c(=O)n(CC3CC3)c(=O)c12. The van der Waals surface area contributed by atoms with Gasteiger partial charge < -0.3 is 4.42 Å². The first-order chi connectivity index (χ1) is 10.5. The van der Waals surface area contributed by atoms with E-state index in [1.54, 1.807) is 0 Å². The highest BCUT2D eigenvalue weighted by Crippen LogP contribution is 2.29. The first-order valence-corrected chi connectivity index (χ1v) is 7.75. The fourth-order valence-electron chi connectivity index (χ4n) is 2.62. The van der Waals surface area contributed by atoms with Crippen LogP contribution in [-0.2, 0) is 13.0 Å². The number of H-pyrrole nitrogens is 1. The molecule has 2 heterocycles. The van der Waals surface area contributed by atoms with Crippen LogP contribution in [0.15, 0.2) is 24.9 Å². The van der Waals surface area contributed by atoms with Gasteiger partial charge in [-0.25, -0.2) is 9.59 Å². The maximum Gasteiger partial charge on any atom is 0.337 e. The molecule has 0 saturated heterocycles. The van der Waals surface area contributed by atoms with E-state index in [9.17, 15) is 14.4 Å². The molecule has 1 fully saturated rings. The van der Waals surface area contributed by atoms with E-state index in [1.165, 1.54) is 10.6 Å². The normalized spacial score (nSPS) is 14.9. The number of aryl methyl sites for hydroxylation is 1. The van der Waals surface area contributed by atoms with Crippen LogP contribution in [0.5, 0.6) is 0 Å². The Bertz CT molecular complexity index is 868. The monoisotopic (exact) mass is 304 g/mol. The summed E-state index contributed by atoms with van der Waals surface area (Å²) in [5, 5.41) is 0.334. The molecule has 0 amide bonds. The molecule has 6 nitrogen and oxygen atoms in total. The molecule has 0 spiro atoms. The molecule has 6 heteroatoms. The van der Waals surface area contributed by atoms with Crippen molar-refractivity contribution in [2.75, 3.05) is 0 Å². The van der Waals surface area contributed by atoms with Crippen LogP contribution in [0.3, 0.4) is 0 Å². The van der Waals surface area contributed by atoms with Gasteiger partial charge in [-0.3, -0.25) is 14.3 Å². The van der Waals surface area contributed by atoms with Gasteiger partial charge in [0.15, 0.2) is 0 Å². The number of nitrogens with one attached hydrogen (secondary N) is 1. The number of fused-ring (bicyclic) bond motifs is 1. The van der Waals surface area contributed by atoms with Crippen LogP contribution >= 0.6 is 0 Å². The van der Waals surface area contributed by atoms with Crippen LogP contribution in [0.4, 0.5) is 0 Å². The van der Waals surface area contributed by atoms with E-state index in [-0.39, 0.29) is 11.3 Å². The van der Waals surface area contributed by atoms with Gasteiger partial charge in [0.05, 0.1) is 0 Å². The average molecular weight is 304 g/mol. The second-order valence-electron chi connectivity index (χ2n) is 6.52. The van der Waals surface area contributed by atoms with Gasteiger partial charge in [-0.1, -0.05) is 13.8 Å². The molecule has 1 N–H and O–H groups in total. The van der Waals surface area contributed by atoms with E-state index in [1.807, 2.05) is 0 Å². The lowest BCUT2D eigenvalue weighted by molar-refractivity contribution is 0.524. The van der Waals surface area contributed by atoms with Crippen LogP contribution < -0.4 is 16.9 Å². The van der Waals surface area contributed by atoms with Crippen LogP contribution in [0.25, 0.3) is 11.1 Å².